The van der Waals surface area contributed by atoms with E-state index >= 15 is 0 Å². The van der Waals surface area contributed by atoms with Crippen molar-refractivity contribution in [3.05, 3.63) is 18.0 Å². The van der Waals surface area contributed by atoms with Gasteiger partial charge in [0.2, 0.25) is 0 Å². The van der Waals surface area contributed by atoms with E-state index in [1.165, 1.54) is 18.4 Å². The minimum Gasteiger partial charge on any atom is -0.385 e. The number of hydrogen-bond acceptors (Lipinski definition) is 3. The van der Waals surface area contributed by atoms with Crippen LogP contribution in [0.15, 0.2) is 17.4 Å². The minimum atomic E-state index is 0.564. The molecule has 0 amide bonds. The summed E-state index contributed by atoms with van der Waals surface area (Å²) >= 11 is 0. The molecule has 1 aromatic rings. The van der Waals surface area contributed by atoms with Crippen molar-refractivity contribution in [2.24, 2.45) is 12.0 Å². The Bertz CT molecular complexity index is 485. The van der Waals surface area contributed by atoms with Crippen molar-refractivity contribution >= 4 is 5.96 Å². The molecule has 1 N–H and O–H groups in total. The fraction of sp³-hybridized carbons (Fsp3) is 0.765. The molecule has 1 aliphatic heterocycles. The highest BCUT2D eigenvalue weighted by Gasteiger charge is 2.26. The van der Waals surface area contributed by atoms with Gasteiger partial charge in [-0.3, -0.25) is 9.67 Å². The Morgan fingerprint density at radius 1 is 1.43 bits per heavy atom. The minimum absolute atomic E-state index is 0.564. The van der Waals surface area contributed by atoms with Gasteiger partial charge in [-0.25, -0.2) is 0 Å². The van der Waals surface area contributed by atoms with Crippen LogP contribution in [0.4, 0.5) is 0 Å². The number of rotatable bonds is 8. The Morgan fingerprint density at radius 3 is 3.00 bits per heavy atom. The third-order valence-corrected chi connectivity index (χ3v) is 4.29. The van der Waals surface area contributed by atoms with Crippen molar-refractivity contribution in [2.75, 3.05) is 39.9 Å². The number of guanidine groups is 1. The number of nitrogens with one attached hydrogen (secondary N) is 1. The van der Waals surface area contributed by atoms with Gasteiger partial charge >= 0.3 is 0 Å². The molecule has 23 heavy (non-hydrogen) atoms. The largest absolute Gasteiger partial charge is 0.385 e. The standard InChI is InChI=1S/C17H31N5O/c1-4-18-17(19-9-6-5-7-11-23-3)22-10-8-15(14-22)16-12-20-21(2)13-16/h12-13,15H,4-11,14H2,1-3H3,(H,18,19). The second-order valence-electron chi connectivity index (χ2n) is 6.17. The monoisotopic (exact) mass is 321 g/mol. The molecule has 0 spiro atoms. The van der Waals surface area contributed by atoms with E-state index < -0.39 is 0 Å². The summed E-state index contributed by atoms with van der Waals surface area (Å²) in [5, 5.41) is 7.73. The predicted molar refractivity (Wildman–Crippen MR) is 93.8 cm³/mol. The van der Waals surface area contributed by atoms with E-state index in [2.05, 4.69) is 28.4 Å². The lowest BCUT2D eigenvalue weighted by Gasteiger charge is -2.21. The molecule has 1 fully saturated rings. The number of likely N-dealkylation sites (tertiary alicyclic amines) is 1. The molecule has 1 unspecified atom stereocenters. The van der Waals surface area contributed by atoms with E-state index in [1.54, 1.807) is 7.11 Å². The lowest BCUT2D eigenvalue weighted by molar-refractivity contribution is 0.192. The zero-order valence-electron chi connectivity index (χ0n) is 14.8. The van der Waals surface area contributed by atoms with Crippen LogP contribution in [0.25, 0.3) is 0 Å². The van der Waals surface area contributed by atoms with Crippen molar-refractivity contribution in [1.29, 1.82) is 0 Å². The van der Waals surface area contributed by atoms with E-state index in [9.17, 15) is 0 Å². The van der Waals surface area contributed by atoms with Crippen molar-refractivity contribution in [2.45, 2.75) is 38.5 Å². The van der Waals surface area contributed by atoms with Crippen molar-refractivity contribution in [3.63, 3.8) is 0 Å². The summed E-state index contributed by atoms with van der Waals surface area (Å²) in [6.45, 7) is 6.87. The number of nitrogens with zero attached hydrogens (tertiary/aromatic N) is 4. The molecule has 0 aliphatic carbocycles. The highest BCUT2D eigenvalue weighted by molar-refractivity contribution is 5.80. The molecule has 2 heterocycles. The lowest BCUT2D eigenvalue weighted by atomic mass is 10.0. The highest BCUT2D eigenvalue weighted by atomic mass is 16.5. The van der Waals surface area contributed by atoms with Gasteiger partial charge in [0, 0.05) is 59.1 Å². The van der Waals surface area contributed by atoms with Crippen LogP contribution in [0.5, 0.6) is 0 Å². The van der Waals surface area contributed by atoms with Crippen LogP contribution in [0, 0.1) is 0 Å². The zero-order chi connectivity index (χ0) is 16.5. The van der Waals surface area contributed by atoms with E-state index in [1.807, 2.05) is 17.9 Å². The van der Waals surface area contributed by atoms with Gasteiger partial charge in [0.15, 0.2) is 5.96 Å². The molecule has 2 rings (SSSR count). The molecule has 1 saturated heterocycles. The maximum Gasteiger partial charge on any atom is 0.193 e. The van der Waals surface area contributed by atoms with E-state index in [-0.39, 0.29) is 0 Å². The number of unbranched alkanes of at least 4 members (excludes halogenated alkanes) is 2. The summed E-state index contributed by atoms with van der Waals surface area (Å²) in [5.41, 5.74) is 1.34. The number of hydrogen-bond donors (Lipinski definition) is 1. The van der Waals surface area contributed by atoms with Gasteiger partial charge in [0.25, 0.3) is 0 Å². The van der Waals surface area contributed by atoms with Crippen LogP contribution in [0.2, 0.25) is 0 Å². The third-order valence-electron chi connectivity index (χ3n) is 4.29. The fourth-order valence-corrected chi connectivity index (χ4v) is 3.02. The molecule has 0 bridgehead atoms. The molecule has 6 heteroatoms. The Kier molecular flexibility index (Phi) is 7.39. The molecule has 0 aromatic carbocycles. The number of aryl methyl sites for hydroxylation is 1. The van der Waals surface area contributed by atoms with Crippen LogP contribution in [0.1, 0.15) is 44.1 Å². The van der Waals surface area contributed by atoms with E-state index in [4.69, 9.17) is 9.73 Å². The quantitative estimate of drug-likeness (QED) is 0.452. The SMILES string of the molecule is CCNC(=NCCCCCOC)N1CCC(c2cnn(C)c2)C1. The van der Waals surface area contributed by atoms with Gasteiger partial charge in [-0.05, 0) is 38.2 Å². The summed E-state index contributed by atoms with van der Waals surface area (Å²) in [5.74, 6) is 1.62. The fourth-order valence-electron chi connectivity index (χ4n) is 3.02. The smallest absolute Gasteiger partial charge is 0.193 e. The van der Waals surface area contributed by atoms with Gasteiger partial charge in [0.1, 0.15) is 0 Å². The van der Waals surface area contributed by atoms with Crippen molar-refractivity contribution < 1.29 is 4.74 Å². The molecule has 1 aliphatic rings. The number of aliphatic imine (C=N–C) groups is 1. The van der Waals surface area contributed by atoms with Crippen LogP contribution in [-0.4, -0.2) is 60.5 Å². The maximum absolute atomic E-state index is 5.08. The molecular weight excluding hydrogens is 290 g/mol. The summed E-state index contributed by atoms with van der Waals surface area (Å²) in [6, 6.07) is 0. The van der Waals surface area contributed by atoms with Crippen LogP contribution >= 0.6 is 0 Å². The molecule has 0 saturated carbocycles. The first-order valence-electron chi connectivity index (χ1n) is 8.75. The number of aromatic nitrogens is 2. The summed E-state index contributed by atoms with van der Waals surface area (Å²) in [6.07, 6.45) is 8.72. The summed E-state index contributed by atoms with van der Waals surface area (Å²) in [7, 11) is 3.73. The molecular formula is C17H31N5O. The van der Waals surface area contributed by atoms with Gasteiger partial charge in [-0.15, -0.1) is 0 Å². The summed E-state index contributed by atoms with van der Waals surface area (Å²) in [4.78, 5) is 7.18. The van der Waals surface area contributed by atoms with Gasteiger partial charge in [0.05, 0.1) is 6.20 Å². The van der Waals surface area contributed by atoms with E-state index in [0.29, 0.717) is 5.92 Å². The van der Waals surface area contributed by atoms with Gasteiger partial charge in [-0.2, -0.15) is 5.10 Å². The van der Waals surface area contributed by atoms with E-state index in [0.717, 1.165) is 51.6 Å². The number of methoxy groups -OCH3 is 1. The Balaban J connectivity index is 1.83. The molecule has 1 aromatic heterocycles. The topological polar surface area (TPSA) is 54.7 Å². The van der Waals surface area contributed by atoms with Crippen molar-refractivity contribution in [3.8, 4) is 0 Å². The molecule has 6 nitrogen and oxygen atoms in total. The van der Waals surface area contributed by atoms with Gasteiger partial charge in [-0.1, -0.05) is 0 Å². The maximum atomic E-state index is 5.08. The van der Waals surface area contributed by atoms with Crippen LogP contribution in [0.3, 0.4) is 0 Å². The lowest BCUT2D eigenvalue weighted by Crippen LogP contribution is -2.40. The van der Waals surface area contributed by atoms with Crippen LogP contribution in [-0.2, 0) is 11.8 Å². The number of ether oxygens (including phenoxy) is 1. The highest BCUT2D eigenvalue weighted by Crippen LogP contribution is 2.26. The Morgan fingerprint density at radius 2 is 2.30 bits per heavy atom. The van der Waals surface area contributed by atoms with Crippen molar-refractivity contribution in [1.82, 2.24) is 20.0 Å². The summed E-state index contributed by atoms with van der Waals surface area (Å²) < 4.78 is 6.97. The van der Waals surface area contributed by atoms with Crippen LogP contribution < -0.4 is 5.32 Å². The first-order valence-corrected chi connectivity index (χ1v) is 8.75. The second-order valence-corrected chi connectivity index (χ2v) is 6.17. The zero-order valence-corrected chi connectivity index (χ0v) is 14.8. The normalized spacial score (nSPS) is 18.7. The predicted octanol–water partition coefficient (Wildman–Crippen LogP) is 1.99. The Hall–Kier alpha value is -1.56. The average Bonchev–Trinajstić information content (AvgIpc) is 3.18. The molecule has 0 radical (unpaired) electrons. The Labute approximate surface area is 139 Å². The first-order chi connectivity index (χ1) is 11.2. The molecule has 1 atom stereocenters. The average molecular weight is 321 g/mol. The van der Waals surface area contributed by atoms with Gasteiger partial charge < -0.3 is 15.0 Å². The molecule has 130 valence electrons. The first kappa shape index (κ1) is 17.8. The second kappa shape index (κ2) is 9.55. The third kappa shape index (κ3) is 5.53.